The molecule has 1 heterocycles. The predicted molar refractivity (Wildman–Crippen MR) is 118 cm³/mol. The highest BCUT2D eigenvalue weighted by atomic mass is 14.6. The van der Waals surface area contributed by atoms with Gasteiger partial charge in [-0.2, -0.15) is 0 Å². The molecule has 0 saturated heterocycles. The van der Waals surface area contributed by atoms with Crippen LogP contribution in [0.4, 0.5) is 0 Å². The summed E-state index contributed by atoms with van der Waals surface area (Å²) in [6.45, 7) is 0. The molecule has 0 spiro atoms. The van der Waals surface area contributed by atoms with Crippen molar-refractivity contribution in [2.24, 2.45) is 0 Å². The van der Waals surface area contributed by atoms with E-state index in [9.17, 15) is 0 Å². The number of rotatable bonds is 1. The third kappa shape index (κ3) is 2.29. The summed E-state index contributed by atoms with van der Waals surface area (Å²) in [6.07, 6.45) is 7.54. The Bertz CT molecular complexity index is 1340. The first-order chi connectivity index (χ1) is 13.9. The molecule has 5 aromatic rings. The summed E-state index contributed by atoms with van der Waals surface area (Å²) < 4.78 is 0. The molecule has 4 aromatic carbocycles. The van der Waals surface area contributed by atoms with E-state index >= 15 is 0 Å². The Kier molecular flexibility index (Phi) is 3.49. The van der Waals surface area contributed by atoms with Crippen LogP contribution >= 0.6 is 0 Å². The number of fused-ring (bicyclic) bond motifs is 6. The van der Waals surface area contributed by atoms with Crippen molar-refractivity contribution in [1.29, 1.82) is 0 Å². The first kappa shape index (κ1) is 15.8. The Morgan fingerprint density at radius 2 is 1.50 bits per heavy atom. The van der Waals surface area contributed by atoms with Crippen LogP contribution in [0.25, 0.3) is 32.3 Å². The van der Waals surface area contributed by atoms with Gasteiger partial charge in [0.1, 0.15) is 0 Å². The van der Waals surface area contributed by atoms with Gasteiger partial charge >= 0.3 is 0 Å². The minimum atomic E-state index is 0.451. The van der Waals surface area contributed by atoms with Crippen molar-refractivity contribution in [1.82, 2.24) is 4.98 Å². The number of hydrogen-bond donors (Lipinski definition) is 0. The molecule has 0 fully saturated rings. The largest absolute Gasteiger partial charge is 0.264 e. The van der Waals surface area contributed by atoms with Crippen LogP contribution in [0.5, 0.6) is 0 Å². The highest BCUT2D eigenvalue weighted by Crippen LogP contribution is 2.42. The van der Waals surface area contributed by atoms with Crippen LogP contribution in [0.3, 0.4) is 0 Å². The maximum absolute atomic E-state index is 4.41. The summed E-state index contributed by atoms with van der Waals surface area (Å²) in [4.78, 5) is 4.41. The first-order valence-corrected chi connectivity index (χ1v) is 10.2. The number of hydrogen-bond acceptors (Lipinski definition) is 1. The Morgan fingerprint density at radius 3 is 2.50 bits per heavy atom. The van der Waals surface area contributed by atoms with E-state index in [2.05, 4.69) is 77.8 Å². The highest BCUT2D eigenvalue weighted by Gasteiger charge is 2.24. The summed E-state index contributed by atoms with van der Waals surface area (Å²) in [5, 5.41) is 8.07. The van der Waals surface area contributed by atoms with E-state index in [1.165, 1.54) is 62.7 Å². The monoisotopic (exact) mass is 359 g/mol. The molecule has 0 N–H and O–H groups in total. The van der Waals surface area contributed by atoms with Crippen molar-refractivity contribution >= 4 is 32.3 Å². The van der Waals surface area contributed by atoms with E-state index in [1.54, 1.807) is 5.56 Å². The van der Waals surface area contributed by atoms with Crippen LogP contribution in [-0.2, 0) is 6.42 Å². The van der Waals surface area contributed by atoms with Gasteiger partial charge in [0.2, 0.25) is 0 Å². The van der Waals surface area contributed by atoms with Crippen molar-refractivity contribution in [3.63, 3.8) is 0 Å². The number of pyridine rings is 1. The van der Waals surface area contributed by atoms with Gasteiger partial charge in [0, 0.05) is 23.7 Å². The SMILES string of the molecule is c1cc(C2CCCc3c2ccc2c3ccc3ccccc32)c2cnccc2c1. The van der Waals surface area contributed by atoms with Crippen molar-refractivity contribution in [3.8, 4) is 0 Å². The van der Waals surface area contributed by atoms with Crippen molar-refractivity contribution < 1.29 is 0 Å². The van der Waals surface area contributed by atoms with Gasteiger partial charge in [-0.15, -0.1) is 0 Å². The molecule has 134 valence electrons. The van der Waals surface area contributed by atoms with Gasteiger partial charge < -0.3 is 0 Å². The standard InChI is InChI=1S/C27H21N/c1-2-7-20-18(5-1)11-12-25-22-10-4-9-21(26(22)14-13-24(20)25)23-8-3-6-19-15-16-28-17-27(19)23/h1-3,5-8,11-17,21H,4,9-10H2. The lowest BCUT2D eigenvalue weighted by atomic mass is 9.76. The van der Waals surface area contributed by atoms with Crippen molar-refractivity contribution in [2.75, 3.05) is 0 Å². The Labute approximate surface area is 164 Å². The molecular formula is C27H21N. The number of nitrogens with zero attached hydrogens (tertiary/aromatic N) is 1. The first-order valence-electron chi connectivity index (χ1n) is 10.2. The van der Waals surface area contributed by atoms with Crippen molar-refractivity contribution in [2.45, 2.75) is 25.2 Å². The zero-order chi connectivity index (χ0) is 18.5. The topological polar surface area (TPSA) is 12.9 Å². The predicted octanol–water partition coefficient (Wildman–Crippen LogP) is 7.01. The van der Waals surface area contributed by atoms with Gasteiger partial charge in [0.15, 0.2) is 0 Å². The summed E-state index contributed by atoms with van der Waals surface area (Å²) in [6, 6.07) is 26.9. The van der Waals surface area contributed by atoms with Gasteiger partial charge in [0.25, 0.3) is 0 Å². The highest BCUT2D eigenvalue weighted by molar-refractivity contribution is 6.08. The minimum absolute atomic E-state index is 0.451. The minimum Gasteiger partial charge on any atom is -0.264 e. The summed E-state index contributed by atoms with van der Waals surface area (Å²) in [5.74, 6) is 0.451. The van der Waals surface area contributed by atoms with Crippen molar-refractivity contribution in [3.05, 3.63) is 102 Å². The molecule has 0 saturated carbocycles. The molecule has 0 bridgehead atoms. The van der Waals surface area contributed by atoms with Crippen LogP contribution in [0.15, 0.2) is 85.2 Å². The molecule has 1 atom stereocenters. The molecule has 1 unspecified atom stereocenters. The maximum Gasteiger partial charge on any atom is 0.0349 e. The lowest BCUT2D eigenvalue weighted by Gasteiger charge is -2.28. The van der Waals surface area contributed by atoms with E-state index in [0.717, 1.165) is 0 Å². The quantitative estimate of drug-likeness (QED) is 0.293. The second kappa shape index (κ2) is 6.17. The third-order valence-corrected chi connectivity index (χ3v) is 6.46. The molecule has 1 aliphatic carbocycles. The van der Waals surface area contributed by atoms with E-state index in [0.29, 0.717) is 5.92 Å². The Hall–Kier alpha value is -3.19. The molecule has 1 heteroatoms. The molecule has 28 heavy (non-hydrogen) atoms. The lowest BCUT2D eigenvalue weighted by molar-refractivity contribution is 0.622. The summed E-state index contributed by atoms with van der Waals surface area (Å²) in [7, 11) is 0. The molecule has 0 aliphatic heterocycles. The summed E-state index contributed by atoms with van der Waals surface area (Å²) in [5.41, 5.74) is 4.47. The fourth-order valence-electron chi connectivity index (χ4n) is 5.18. The number of aryl methyl sites for hydroxylation is 1. The molecule has 1 nitrogen and oxygen atoms in total. The number of benzene rings is 4. The zero-order valence-corrected chi connectivity index (χ0v) is 15.7. The van der Waals surface area contributed by atoms with Crippen LogP contribution in [-0.4, -0.2) is 4.98 Å². The summed E-state index contributed by atoms with van der Waals surface area (Å²) >= 11 is 0. The van der Waals surface area contributed by atoms with Gasteiger partial charge in [-0.1, -0.05) is 66.7 Å². The van der Waals surface area contributed by atoms with E-state index in [1.807, 2.05) is 12.4 Å². The van der Waals surface area contributed by atoms with Gasteiger partial charge in [-0.05, 0) is 69.0 Å². The molecular weight excluding hydrogens is 338 g/mol. The zero-order valence-electron chi connectivity index (χ0n) is 15.7. The smallest absolute Gasteiger partial charge is 0.0349 e. The van der Waals surface area contributed by atoms with Crippen LogP contribution in [0.2, 0.25) is 0 Å². The molecule has 6 rings (SSSR count). The second-order valence-corrected chi connectivity index (χ2v) is 7.90. The average molecular weight is 359 g/mol. The van der Waals surface area contributed by atoms with Gasteiger partial charge in [-0.3, -0.25) is 4.98 Å². The molecule has 1 aromatic heterocycles. The molecule has 0 amide bonds. The number of aromatic nitrogens is 1. The van der Waals surface area contributed by atoms with Crippen LogP contribution in [0, 0.1) is 0 Å². The lowest BCUT2D eigenvalue weighted by Crippen LogP contribution is -2.12. The normalized spacial score (nSPS) is 16.5. The van der Waals surface area contributed by atoms with E-state index in [-0.39, 0.29) is 0 Å². The van der Waals surface area contributed by atoms with E-state index < -0.39 is 0 Å². The fourth-order valence-corrected chi connectivity index (χ4v) is 5.18. The average Bonchev–Trinajstić information content (AvgIpc) is 2.78. The Balaban J connectivity index is 1.61. The molecule has 0 radical (unpaired) electrons. The van der Waals surface area contributed by atoms with Crippen LogP contribution < -0.4 is 0 Å². The maximum atomic E-state index is 4.41. The van der Waals surface area contributed by atoms with Crippen LogP contribution in [0.1, 0.15) is 35.4 Å². The second-order valence-electron chi connectivity index (χ2n) is 7.90. The van der Waals surface area contributed by atoms with Gasteiger partial charge in [-0.25, -0.2) is 0 Å². The van der Waals surface area contributed by atoms with Gasteiger partial charge in [0.05, 0.1) is 0 Å². The third-order valence-electron chi connectivity index (χ3n) is 6.46. The Morgan fingerprint density at radius 1 is 0.643 bits per heavy atom. The van der Waals surface area contributed by atoms with E-state index in [4.69, 9.17) is 0 Å². The molecule has 1 aliphatic rings. The fraction of sp³-hybridized carbons (Fsp3) is 0.148.